The molecular weight excluding hydrogens is 446 g/mol. The van der Waals surface area contributed by atoms with Crippen molar-refractivity contribution in [3.8, 4) is 0 Å². The van der Waals surface area contributed by atoms with E-state index < -0.39 is 0 Å². The van der Waals surface area contributed by atoms with E-state index in [0.29, 0.717) is 30.1 Å². The largest absolute Gasteiger partial charge is 0.361 e. The lowest BCUT2D eigenvalue weighted by molar-refractivity contribution is -0.128. The predicted octanol–water partition coefficient (Wildman–Crippen LogP) is 5.51. The Kier molecular flexibility index (Phi) is 6.37. The van der Waals surface area contributed by atoms with Crippen LogP contribution in [0.5, 0.6) is 0 Å². The second kappa shape index (κ2) is 9.74. The van der Waals surface area contributed by atoms with Gasteiger partial charge in [0.2, 0.25) is 5.91 Å². The number of hydrogen-bond donors (Lipinski definition) is 2. The number of nitrogens with zero attached hydrogens (tertiary/aromatic N) is 1. The van der Waals surface area contributed by atoms with Crippen LogP contribution < -0.4 is 5.32 Å². The molecule has 2 heterocycles. The van der Waals surface area contributed by atoms with Gasteiger partial charge in [-0.2, -0.15) is 0 Å². The minimum Gasteiger partial charge on any atom is -0.361 e. The summed E-state index contributed by atoms with van der Waals surface area (Å²) in [5, 5.41) is 4.90. The maximum atomic E-state index is 13.1. The highest BCUT2D eigenvalue weighted by molar-refractivity contribution is 6.31. The quantitative estimate of drug-likeness (QED) is 0.373. The normalized spacial score (nSPS) is 14.5. The second-order valence-electron chi connectivity index (χ2n) is 8.69. The van der Waals surface area contributed by atoms with Crippen molar-refractivity contribution >= 4 is 34.3 Å². The molecule has 2 amide bonds. The van der Waals surface area contributed by atoms with E-state index in [4.69, 9.17) is 11.6 Å². The maximum absolute atomic E-state index is 13.1. The topological polar surface area (TPSA) is 65.2 Å². The number of hydrogen-bond acceptors (Lipinski definition) is 2. The first-order valence-corrected chi connectivity index (χ1v) is 11.9. The number of likely N-dealkylation sites (tertiary alicyclic amines) is 1. The first-order chi connectivity index (χ1) is 16.6. The molecule has 1 saturated heterocycles. The molecule has 0 spiro atoms. The van der Waals surface area contributed by atoms with Crippen LogP contribution in [0.15, 0.2) is 79.0 Å². The predicted molar refractivity (Wildman–Crippen MR) is 135 cm³/mol. The van der Waals surface area contributed by atoms with Gasteiger partial charge in [-0.05, 0) is 47.4 Å². The fourth-order valence-corrected chi connectivity index (χ4v) is 4.99. The van der Waals surface area contributed by atoms with Crippen molar-refractivity contribution in [2.24, 2.45) is 0 Å². The molecule has 1 fully saturated rings. The van der Waals surface area contributed by atoms with Crippen molar-refractivity contribution in [2.45, 2.75) is 25.3 Å². The Bertz CT molecular complexity index is 1350. The SMILES string of the molecule is O=C(NCC(c1ccccc1Cl)c1c[nH]c2ccccc12)c1cccc(CN2CCCC2=O)c1. The zero-order valence-electron chi connectivity index (χ0n) is 18.8. The molecule has 0 aliphatic carbocycles. The molecule has 1 atom stereocenters. The summed E-state index contributed by atoms with van der Waals surface area (Å²) < 4.78 is 0. The van der Waals surface area contributed by atoms with Gasteiger partial charge in [-0.15, -0.1) is 0 Å². The Labute approximate surface area is 203 Å². The molecule has 1 aliphatic rings. The molecule has 5 nitrogen and oxygen atoms in total. The maximum Gasteiger partial charge on any atom is 0.251 e. The van der Waals surface area contributed by atoms with Gasteiger partial charge in [-0.25, -0.2) is 0 Å². The van der Waals surface area contributed by atoms with Gasteiger partial charge in [0, 0.05) is 59.7 Å². The highest BCUT2D eigenvalue weighted by atomic mass is 35.5. The van der Waals surface area contributed by atoms with Gasteiger partial charge in [0.1, 0.15) is 0 Å². The number of halogens is 1. The Hall–Kier alpha value is -3.57. The summed E-state index contributed by atoms with van der Waals surface area (Å²) in [6.45, 7) is 1.72. The second-order valence-corrected chi connectivity index (χ2v) is 9.10. The number of carbonyl (C=O) groups is 2. The first kappa shape index (κ1) is 22.2. The number of nitrogens with one attached hydrogen (secondary N) is 2. The van der Waals surface area contributed by atoms with Crippen LogP contribution in [-0.4, -0.2) is 34.8 Å². The van der Waals surface area contributed by atoms with Crippen molar-refractivity contribution in [1.29, 1.82) is 0 Å². The number of benzene rings is 3. The third-order valence-corrected chi connectivity index (χ3v) is 6.82. The van der Waals surface area contributed by atoms with E-state index in [1.165, 1.54) is 0 Å². The molecule has 1 unspecified atom stereocenters. The molecule has 1 aromatic heterocycles. The third kappa shape index (κ3) is 4.57. The van der Waals surface area contributed by atoms with Crippen LogP contribution in [0.25, 0.3) is 10.9 Å². The molecule has 5 rings (SSSR count). The van der Waals surface area contributed by atoms with Crippen LogP contribution in [0, 0.1) is 0 Å². The van der Waals surface area contributed by atoms with Crippen LogP contribution in [0.3, 0.4) is 0 Å². The minimum absolute atomic E-state index is 0.112. The number of H-pyrrole nitrogens is 1. The Morgan fingerprint density at radius 1 is 1.03 bits per heavy atom. The van der Waals surface area contributed by atoms with Crippen molar-refractivity contribution < 1.29 is 9.59 Å². The van der Waals surface area contributed by atoms with E-state index in [0.717, 1.165) is 40.6 Å². The van der Waals surface area contributed by atoms with E-state index in [2.05, 4.69) is 16.4 Å². The smallest absolute Gasteiger partial charge is 0.251 e. The number of amides is 2. The van der Waals surface area contributed by atoms with Gasteiger partial charge in [0.25, 0.3) is 5.91 Å². The number of aromatic amines is 1. The average Bonchev–Trinajstić information content (AvgIpc) is 3.46. The van der Waals surface area contributed by atoms with Gasteiger partial charge in [-0.1, -0.05) is 60.1 Å². The molecule has 6 heteroatoms. The number of fused-ring (bicyclic) bond motifs is 1. The van der Waals surface area contributed by atoms with E-state index in [1.54, 1.807) is 6.07 Å². The zero-order chi connectivity index (χ0) is 23.5. The summed E-state index contributed by atoms with van der Waals surface area (Å²) >= 11 is 6.58. The van der Waals surface area contributed by atoms with Crippen LogP contribution in [0.2, 0.25) is 5.02 Å². The molecule has 0 bridgehead atoms. The Morgan fingerprint density at radius 3 is 2.68 bits per heavy atom. The molecule has 3 aromatic carbocycles. The number of aromatic nitrogens is 1. The van der Waals surface area contributed by atoms with Crippen molar-refractivity contribution in [1.82, 2.24) is 15.2 Å². The summed E-state index contributed by atoms with van der Waals surface area (Å²) in [6.07, 6.45) is 3.51. The monoisotopic (exact) mass is 471 g/mol. The zero-order valence-corrected chi connectivity index (χ0v) is 19.5. The molecule has 172 valence electrons. The fraction of sp³-hybridized carbons (Fsp3) is 0.214. The Morgan fingerprint density at radius 2 is 1.85 bits per heavy atom. The highest BCUT2D eigenvalue weighted by Gasteiger charge is 2.22. The van der Waals surface area contributed by atoms with E-state index in [9.17, 15) is 9.59 Å². The average molecular weight is 472 g/mol. The highest BCUT2D eigenvalue weighted by Crippen LogP contribution is 2.34. The van der Waals surface area contributed by atoms with Gasteiger partial charge in [0.15, 0.2) is 0 Å². The number of para-hydroxylation sites is 1. The van der Waals surface area contributed by atoms with Gasteiger partial charge in [-0.3, -0.25) is 9.59 Å². The molecule has 4 aromatic rings. The number of carbonyl (C=O) groups excluding carboxylic acids is 2. The first-order valence-electron chi connectivity index (χ1n) is 11.6. The van der Waals surface area contributed by atoms with Crippen molar-refractivity contribution in [2.75, 3.05) is 13.1 Å². The lowest BCUT2D eigenvalue weighted by Crippen LogP contribution is -2.29. The standard InChI is InChI=1S/C28H26ClN3O2/c29-25-11-3-1-9-21(25)23(24-16-30-26-12-4-2-10-22(24)26)17-31-28(34)20-8-5-7-19(15-20)18-32-14-6-13-27(32)33/h1-5,7-12,15-16,23,30H,6,13-14,17-18H2,(H,31,34). The van der Waals surface area contributed by atoms with Crippen LogP contribution in [0.4, 0.5) is 0 Å². The van der Waals surface area contributed by atoms with E-state index >= 15 is 0 Å². The molecule has 1 aliphatic heterocycles. The van der Waals surface area contributed by atoms with Gasteiger partial charge in [0.05, 0.1) is 0 Å². The summed E-state index contributed by atoms with van der Waals surface area (Å²) in [6, 6.07) is 23.4. The van der Waals surface area contributed by atoms with Gasteiger partial charge >= 0.3 is 0 Å². The minimum atomic E-state index is -0.147. The summed E-state index contributed by atoms with van der Waals surface area (Å²) in [4.78, 5) is 30.3. The van der Waals surface area contributed by atoms with E-state index in [-0.39, 0.29) is 17.7 Å². The molecule has 0 radical (unpaired) electrons. The van der Waals surface area contributed by atoms with E-state index in [1.807, 2.05) is 71.8 Å². The summed E-state index contributed by atoms with van der Waals surface area (Å²) in [5.74, 6) is -0.0816. The van der Waals surface area contributed by atoms with Crippen LogP contribution in [0.1, 0.15) is 45.8 Å². The van der Waals surface area contributed by atoms with Crippen LogP contribution in [-0.2, 0) is 11.3 Å². The molecular formula is C28H26ClN3O2. The lowest BCUT2D eigenvalue weighted by atomic mass is 9.90. The summed E-state index contributed by atoms with van der Waals surface area (Å²) in [7, 11) is 0. The molecule has 34 heavy (non-hydrogen) atoms. The number of rotatable bonds is 7. The molecule has 0 saturated carbocycles. The van der Waals surface area contributed by atoms with Crippen molar-refractivity contribution in [3.63, 3.8) is 0 Å². The fourth-order valence-electron chi connectivity index (χ4n) is 4.73. The molecule has 2 N–H and O–H groups in total. The summed E-state index contributed by atoms with van der Waals surface area (Å²) in [5.41, 5.74) is 4.65. The van der Waals surface area contributed by atoms with Crippen molar-refractivity contribution in [3.05, 3.63) is 106 Å². The van der Waals surface area contributed by atoms with Crippen LogP contribution >= 0.6 is 11.6 Å². The third-order valence-electron chi connectivity index (χ3n) is 6.48. The Balaban J connectivity index is 1.37. The van der Waals surface area contributed by atoms with Gasteiger partial charge < -0.3 is 15.2 Å². The lowest BCUT2D eigenvalue weighted by Gasteiger charge is -2.20.